The molecule has 1 saturated heterocycles. The first kappa shape index (κ1) is 21.1. The van der Waals surface area contributed by atoms with Crippen LogP contribution in [0.25, 0.3) is 0 Å². The van der Waals surface area contributed by atoms with Gasteiger partial charge in [-0.25, -0.2) is 4.39 Å². The molecule has 0 spiro atoms. The van der Waals surface area contributed by atoms with Gasteiger partial charge < -0.3 is 15.0 Å². The van der Waals surface area contributed by atoms with Crippen molar-refractivity contribution in [1.82, 2.24) is 15.1 Å². The lowest BCUT2D eigenvalue weighted by Gasteiger charge is -2.50. The predicted octanol–water partition coefficient (Wildman–Crippen LogP) is 3.05. The summed E-state index contributed by atoms with van der Waals surface area (Å²) >= 11 is 0. The van der Waals surface area contributed by atoms with E-state index in [9.17, 15) is 9.18 Å². The third-order valence-corrected chi connectivity index (χ3v) is 6.38. The topological polar surface area (TPSA) is 44.8 Å². The van der Waals surface area contributed by atoms with E-state index >= 15 is 0 Å². The van der Waals surface area contributed by atoms with E-state index in [1.54, 1.807) is 25.1 Å². The molecule has 1 atom stereocenters. The van der Waals surface area contributed by atoms with Crippen LogP contribution in [0.3, 0.4) is 0 Å². The fourth-order valence-corrected chi connectivity index (χ4v) is 4.53. The van der Waals surface area contributed by atoms with Crippen molar-refractivity contribution in [3.8, 4) is 5.75 Å². The number of hydrogen-bond donors (Lipinski definition) is 1. The predicted molar refractivity (Wildman–Crippen MR) is 109 cm³/mol. The molecule has 1 saturated carbocycles. The van der Waals surface area contributed by atoms with E-state index in [4.69, 9.17) is 4.74 Å². The van der Waals surface area contributed by atoms with Crippen molar-refractivity contribution in [3.63, 3.8) is 0 Å². The summed E-state index contributed by atoms with van der Waals surface area (Å²) in [6.07, 6.45) is 5.23. The number of benzene rings is 1. The van der Waals surface area contributed by atoms with Crippen LogP contribution in [-0.4, -0.2) is 66.6 Å². The maximum Gasteiger partial charge on any atom is 0.260 e. The number of ether oxygens (including phenoxy) is 1. The molecule has 2 fully saturated rings. The minimum absolute atomic E-state index is 0.0471. The maximum absolute atomic E-state index is 13.8. The van der Waals surface area contributed by atoms with Crippen molar-refractivity contribution in [2.45, 2.75) is 57.6 Å². The van der Waals surface area contributed by atoms with Gasteiger partial charge in [0.1, 0.15) is 0 Å². The number of hydrogen-bond acceptors (Lipinski definition) is 4. The number of likely N-dealkylation sites (N-methyl/N-ethyl adjacent to an activating group) is 1. The third-order valence-electron chi connectivity index (χ3n) is 6.38. The molecule has 0 aromatic heterocycles. The normalized spacial score (nSPS) is 21.8. The molecule has 0 unspecified atom stereocenters. The third kappa shape index (κ3) is 5.03. The second-order valence-electron chi connectivity index (χ2n) is 8.11. The Bertz CT molecular complexity index is 640. The minimum atomic E-state index is -0.727. The van der Waals surface area contributed by atoms with E-state index < -0.39 is 11.9 Å². The Morgan fingerprint density at radius 1 is 1.18 bits per heavy atom. The van der Waals surface area contributed by atoms with Gasteiger partial charge in [-0.15, -0.1) is 0 Å². The number of halogens is 1. The van der Waals surface area contributed by atoms with Crippen LogP contribution >= 0.6 is 0 Å². The second-order valence-corrected chi connectivity index (χ2v) is 8.11. The van der Waals surface area contributed by atoms with Crippen LogP contribution in [0.4, 0.5) is 4.39 Å². The summed E-state index contributed by atoms with van der Waals surface area (Å²) in [6, 6.07) is 6.20. The average molecular weight is 392 g/mol. The van der Waals surface area contributed by atoms with E-state index in [1.807, 2.05) is 0 Å². The molecule has 28 heavy (non-hydrogen) atoms. The van der Waals surface area contributed by atoms with E-state index in [2.05, 4.69) is 22.0 Å². The Morgan fingerprint density at radius 3 is 2.50 bits per heavy atom. The Kier molecular flexibility index (Phi) is 7.30. The summed E-state index contributed by atoms with van der Waals surface area (Å²) in [7, 11) is 0. The Labute approximate surface area is 168 Å². The lowest BCUT2D eigenvalue weighted by atomic mass is 9.79. The number of carbonyl (C=O) groups is 1. The average Bonchev–Trinajstić information content (AvgIpc) is 2.74. The first-order valence-corrected chi connectivity index (χ1v) is 10.7. The number of rotatable bonds is 7. The van der Waals surface area contributed by atoms with Crippen LogP contribution in [-0.2, 0) is 4.79 Å². The van der Waals surface area contributed by atoms with Gasteiger partial charge in [-0.05, 0) is 38.4 Å². The van der Waals surface area contributed by atoms with Gasteiger partial charge in [0.2, 0.25) is 0 Å². The van der Waals surface area contributed by atoms with E-state index in [0.717, 1.165) is 45.6 Å². The summed E-state index contributed by atoms with van der Waals surface area (Å²) in [5.74, 6) is -0.506. The number of piperazine rings is 1. The first-order valence-electron chi connectivity index (χ1n) is 10.7. The fourth-order valence-electron chi connectivity index (χ4n) is 4.53. The van der Waals surface area contributed by atoms with Gasteiger partial charge in [-0.2, -0.15) is 0 Å². The Hall–Kier alpha value is -1.66. The largest absolute Gasteiger partial charge is 0.478 e. The van der Waals surface area contributed by atoms with Gasteiger partial charge in [0.25, 0.3) is 5.91 Å². The quantitative estimate of drug-likeness (QED) is 0.776. The molecule has 1 N–H and O–H groups in total. The molecule has 1 amide bonds. The minimum Gasteiger partial charge on any atom is -0.478 e. The van der Waals surface area contributed by atoms with Crippen LogP contribution < -0.4 is 10.1 Å². The molecule has 1 heterocycles. The van der Waals surface area contributed by atoms with Crippen molar-refractivity contribution < 1.29 is 13.9 Å². The van der Waals surface area contributed by atoms with Crippen molar-refractivity contribution >= 4 is 5.91 Å². The summed E-state index contributed by atoms with van der Waals surface area (Å²) in [6.45, 7) is 9.94. The number of carbonyl (C=O) groups excluding carboxylic acids is 1. The zero-order chi connectivity index (χ0) is 20.0. The molecule has 2 aliphatic rings. The van der Waals surface area contributed by atoms with Gasteiger partial charge in [-0.1, -0.05) is 38.3 Å². The van der Waals surface area contributed by atoms with Crippen LogP contribution in [0.1, 0.15) is 46.0 Å². The SMILES string of the molecule is CCN1CCN(C2(CNC(=O)[C@@H](C)Oc3ccccc3F)CCCCC2)CC1. The van der Waals surface area contributed by atoms with Crippen molar-refractivity contribution in [3.05, 3.63) is 30.1 Å². The van der Waals surface area contributed by atoms with Gasteiger partial charge in [-0.3, -0.25) is 9.69 Å². The molecule has 6 heteroatoms. The highest BCUT2D eigenvalue weighted by Gasteiger charge is 2.39. The zero-order valence-corrected chi connectivity index (χ0v) is 17.3. The van der Waals surface area contributed by atoms with E-state index in [-0.39, 0.29) is 17.2 Å². The first-order chi connectivity index (χ1) is 13.5. The highest BCUT2D eigenvalue weighted by Crippen LogP contribution is 2.34. The summed E-state index contributed by atoms with van der Waals surface area (Å²) in [4.78, 5) is 17.7. The van der Waals surface area contributed by atoms with E-state index in [1.165, 1.54) is 25.3 Å². The molecule has 1 aliphatic carbocycles. The molecule has 5 nitrogen and oxygen atoms in total. The molecule has 1 aliphatic heterocycles. The highest BCUT2D eigenvalue weighted by molar-refractivity contribution is 5.80. The molecular formula is C22H34FN3O2. The molecule has 1 aromatic carbocycles. The summed E-state index contributed by atoms with van der Waals surface area (Å²) in [5, 5.41) is 3.11. The molecule has 0 radical (unpaired) electrons. The van der Waals surface area contributed by atoms with Crippen LogP contribution in [0.2, 0.25) is 0 Å². The van der Waals surface area contributed by atoms with Gasteiger partial charge >= 0.3 is 0 Å². The van der Waals surface area contributed by atoms with E-state index in [0.29, 0.717) is 6.54 Å². The standard InChI is InChI=1S/C22H34FN3O2/c1-3-25-13-15-26(16-14-25)22(11-7-4-8-12-22)17-24-21(27)18(2)28-20-10-6-5-9-19(20)23/h5-6,9-10,18H,3-4,7-8,11-17H2,1-2H3,(H,24,27)/t18-/m1/s1. The molecular weight excluding hydrogens is 357 g/mol. The number of para-hydroxylation sites is 1. The number of nitrogens with zero attached hydrogens (tertiary/aromatic N) is 2. The smallest absolute Gasteiger partial charge is 0.260 e. The molecule has 1 aromatic rings. The summed E-state index contributed by atoms with van der Waals surface area (Å²) in [5.41, 5.74) is 0.0471. The van der Waals surface area contributed by atoms with Crippen molar-refractivity contribution in [2.75, 3.05) is 39.3 Å². The second kappa shape index (κ2) is 9.70. The van der Waals surface area contributed by atoms with Gasteiger partial charge in [0.05, 0.1) is 0 Å². The van der Waals surface area contributed by atoms with Crippen LogP contribution in [0, 0.1) is 5.82 Å². The van der Waals surface area contributed by atoms with Crippen LogP contribution in [0.15, 0.2) is 24.3 Å². The lowest BCUT2D eigenvalue weighted by molar-refractivity contribution is -0.128. The Morgan fingerprint density at radius 2 is 1.86 bits per heavy atom. The van der Waals surface area contributed by atoms with Crippen molar-refractivity contribution in [1.29, 1.82) is 0 Å². The monoisotopic (exact) mass is 391 g/mol. The maximum atomic E-state index is 13.8. The number of amides is 1. The molecule has 0 bridgehead atoms. The molecule has 156 valence electrons. The molecule has 3 rings (SSSR count). The van der Waals surface area contributed by atoms with Gasteiger partial charge in [0.15, 0.2) is 17.7 Å². The fraction of sp³-hybridized carbons (Fsp3) is 0.682. The van der Waals surface area contributed by atoms with Gasteiger partial charge in [0, 0.05) is 38.3 Å². The van der Waals surface area contributed by atoms with Crippen molar-refractivity contribution in [2.24, 2.45) is 0 Å². The van der Waals surface area contributed by atoms with Crippen LogP contribution in [0.5, 0.6) is 5.75 Å². The zero-order valence-electron chi connectivity index (χ0n) is 17.3. The Balaban J connectivity index is 1.58. The number of nitrogens with one attached hydrogen (secondary N) is 1. The highest BCUT2D eigenvalue weighted by atomic mass is 19.1. The summed E-state index contributed by atoms with van der Waals surface area (Å²) < 4.78 is 19.3. The lowest BCUT2D eigenvalue weighted by Crippen LogP contribution is -2.62.